The minimum atomic E-state index is 0.572. The summed E-state index contributed by atoms with van der Waals surface area (Å²) in [5.41, 5.74) is 3.18. The third-order valence-corrected chi connectivity index (χ3v) is 4.92. The molecular formula is C15H15N3OS2. The quantitative estimate of drug-likeness (QED) is 0.655. The van der Waals surface area contributed by atoms with Crippen LogP contribution in [0.4, 0.5) is 0 Å². The monoisotopic (exact) mass is 317 g/mol. The second kappa shape index (κ2) is 6.41. The fraction of sp³-hybridized carbons (Fsp3) is 0.267. The maximum Gasteiger partial charge on any atom is 0.277 e. The average molecular weight is 317 g/mol. The number of nitrogens with zero attached hydrogens (tertiary/aromatic N) is 3. The predicted octanol–water partition coefficient (Wildman–Crippen LogP) is 4.36. The van der Waals surface area contributed by atoms with Crippen LogP contribution in [0.3, 0.4) is 0 Å². The number of hydrogen-bond acceptors (Lipinski definition) is 6. The predicted molar refractivity (Wildman–Crippen MR) is 85.5 cm³/mol. The second-order valence-electron chi connectivity index (χ2n) is 4.56. The van der Waals surface area contributed by atoms with Crippen LogP contribution in [0, 0.1) is 6.92 Å². The van der Waals surface area contributed by atoms with Crippen LogP contribution in [0.1, 0.15) is 23.2 Å². The third kappa shape index (κ3) is 3.33. The van der Waals surface area contributed by atoms with E-state index >= 15 is 0 Å². The van der Waals surface area contributed by atoms with E-state index in [2.05, 4.69) is 27.5 Å². The Bertz CT molecular complexity index is 736. The lowest BCUT2D eigenvalue weighted by atomic mass is 10.1. The summed E-state index contributed by atoms with van der Waals surface area (Å²) in [5, 5.41) is 12.1. The van der Waals surface area contributed by atoms with Crippen LogP contribution in [0.15, 0.2) is 39.3 Å². The van der Waals surface area contributed by atoms with Gasteiger partial charge in [0.15, 0.2) is 0 Å². The van der Waals surface area contributed by atoms with Gasteiger partial charge in [-0.1, -0.05) is 36.9 Å². The van der Waals surface area contributed by atoms with Crippen molar-refractivity contribution in [2.24, 2.45) is 0 Å². The Hall–Kier alpha value is -1.66. The van der Waals surface area contributed by atoms with Gasteiger partial charge >= 0.3 is 0 Å². The van der Waals surface area contributed by atoms with E-state index in [-0.39, 0.29) is 0 Å². The maximum atomic E-state index is 5.72. The maximum absolute atomic E-state index is 5.72. The molecule has 0 bridgehead atoms. The van der Waals surface area contributed by atoms with Crippen LogP contribution >= 0.6 is 23.1 Å². The number of aryl methyl sites for hydroxylation is 2. The van der Waals surface area contributed by atoms with Crippen LogP contribution in [-0.4, -0.2) is 15.2 Å². The Morgan fingerprint density at radius 1 is 1.24 bits per heavy atom. The van der Waals surface area contributed by atoms with Crippen LogP contribution in [-0.2, 0) is 12.2 Å². The number of thioether (sulfide) groups is 1. The largest absolute Gasteiger partial charge is 0.411 e. The first-order valence-corrected chi connectivity index (χ1v) is 8.58. The van der Waals surface area contributed by atoms with Crippen molar-refractivity contribution in [1.82, 2.24) is 15.2 Å². The molecule has 0 N–H and O–H groups in total. The van der Waals surface area contributed by atoms with Crippen molar-refractivity contribution in [3.05, 3.63) is 45.9 Å². The molecule has 6 heteroatoms. The summed E-state index contributed by atoms with van der Waals surface area (Å²) in [5.74, 6) is 1.33. The first-order valence-electron chi connectivity index (χ1n) is 6.72. The van der Waals surface area contributed by atoms with Gasteiger partial charge in [0.1, 0.15) is 0 Å². The molecule has 0 radical (unpaired) electrons. The summed E-state index contributed by atoms with van der Waals surface area (Å²) in [6.07, 6.45) is 0.979. The number of hydrogen-bond donors (Lipinski definition) is 0. The molecule has 2 heterocycles. The van der Waals surface area contributed by atoms with Crippen molar-refractivity contribution < 1.29 is 4.42 Å². The van der Waals surface area contributed by atoms with Crippen LogP contribution in [0.25, 0.3) is 11.5 Å². The molecule has 0 aliphatic rings. The van der Waals surface area contributed by atoms with Gasteiger partial charge in [-0.3, -0.25) is 0 Å². The van der Waals surface area contributed by atoms with Crippen molar-refractivity contribution in [3.8, 4) is 11.5 Å². The normalized spacial score (nSPS) is 11.0. The van der Waals surface area contributed by atoms with Crippen molar-refractivity contribution >= 4 is 23.1 Å². The third-order valence-electron chi connectivity index (χ3n) is 3.03. The van der Waals surface area contributed by atoms with E-state index < -0.39 is 0 Å². The van der Waals surface area contributed by atoms with Crippen molar-refractivity contribution in [2.75, 3.05) is 0 Å². The SMILES string of the molecule is CCc1nc(CSc2nnc(-c3ccccc3C)o2)cs1. The van der Waals surface area contributed by atoms with E-state index in [9.17, 15) is 0 Å². The molecule has 108 valence electrons. The number of aromatic nitrogens is 3. The highest BCUT2D eigenvalue weighted by molar-refractivity contribution is 7.98. The molecule has 0 fully saturated rings. The summed E-state index contributed by atoms with van der Waals surface area (Å²) < 4.78 is 5.72. The molecule has 0 aliphatic heterocycles. The molecule has 2 aromatic heterocycles. The molecule has 3 aromatic rings. The number of rotatable bonds is 5. The molecule has 1 aromatic carbocycles. The van der Waals surface area contributed by atoms with Crippen molar-refractivity contribution in [3.63, 3.8) is 0 Å². The highest BCUT2D eigenvalue weighted by Crippen LogP contribution is 2.27. The average Bonchev–Trinajstić information content (AvgIpc) is 3.14. The van der Waals surface area contributed by atoms with Gasteiger partial charge in [0.05, 0.1) is 10.7 Å². The summed E-state index contributed by atoms with van der Waals surface area (Å²) in [6.45, 7) is 4.15. The van der Waals surface area contributed by atoms with Crippen LogP contribution in [0.2, 0.25) is 0 Å². The van der Waals surface area contributed by atoms with E-state index in [1.807, 2.05) is 31.2 Å². The van der Waals surface area contributed by atoms with E-state index in [1.54, 1.807) is 11.3 Å². The van der Waals surface area contributed by atoms with E-state index in [4.69, 9.17) is 4.42 Å². The molecule has 21 heavy (non-hydrogen) atoms. The highest BCUT2D eigenvalue weighted by Gasteiger charge is 2.11. The lowest BCUT2D eigenvalue weighted by molar-refractivity contribution is 0.465. The molecule has 0 saturated heterocycles. The topological polar surface area (TPSA) is 51.8 Å². The fourth-order valence-electron chi connectivity index (χ4n) is 1.90. The molecule has 0 spiro atoms. The van der Waals surface area contributed by atoms with Gasteiger partial charge in [-0.05, 0) is 25.0 Å². The van der Waals surface area contributed by atoms with Crippen molar-refractivity contribution in [1.29, 1.82) is 0 Å². The molecule has 0 atom stereocenters. The Kier molecular flexibility index (Phi) is 4.36. The zero-order valence-corrected chi connectivity index (χ0v) is 13.5. The van der Waals surface area contributed by atoms with Gasteiger partial charge < -0.3 is 4.42 Å². The zero-order chi connectivity index (χ0) is 14.7. The molecule has 0 aliphatic carbocycles. The molecule has 0 unspecified atom stereocenters. The zero-order valence-electron chi connectivity index (χ0n) is 11.9. The summed E-state index contributed by atoms with van der Waals surface area (Å²) >= 11 is 3.22. The lowest BCUT2D eigenvalue weighted by Gasteiger charge is -1.98. The van der Waals surface area contributed by atoms with Gasteiger partial charge in [0.25, 0.3) is 5.22 Å². The molecule has 0 saturated carbocycles. The lowest BCUT2D eigenvalue weighted by Crippen LogP contribution is -1.83. The van der Waals surface area contributed by atoms with Gasteiger partial charge in [-0.25, -0.2) is 4.98 Å². The standard InChI is InChI=1S/C15H15N3OS2/c1-3-13-16-11(8-20-13)9-21-15-18-17-14(19-15)12-7-5-4-6-10(12)2/h4-8H,3,9H2,1-2H3. The summed E-state index contributed by atoms with van der Waals surface area (Å²) in [6, 6.07) is 8.00. The Labute approximate surface area is 131 Å². The molecule has 0 amide bonds. The first-order chi connectivity index (χ1) is 10.3. The van der Waals surface area contributed by atoms with E-state index in [0.29, 0.717) is 11.1 Å². The highest BCUT2D eigenvalue weighted by atomic mass is 32.2. The van der Waals surface area contributed by atoms with Crippen LogP contribution in [0.5, 0.6) is 0 Å². The van der Waals surface area contributed by atoms with Gasteiger partial charge in [0, 0.05) is 16.7 Å². The second-order valence-corrected chi connectivity index (χ2v) is 6.43. The first kappa shape index (κ1) is 14.3. The Morgan fingerprint density at radius 3 is 2.86 bits per heavy atom. The minimum Gasteiger partial charge on any atom is -0.411 e. The summed E-state index contributed by atoms with van der Waals surface area (Å²) in [4.78, 5) is 4.53. The minimum absolute atomic E-state index is 0.572. The van der Waals surface area contributed by atoms with Gasteiger partial charge in [-0.2, -0.15) is 0 Å². The van der Waals surface area contributed by atoms with Gasteiger partial charge in [0.2, 0.25) is 5.89 Å². The van der Waals surface area contributed by atoms with Gasteiger partial charge in [-0.15, -0.1) is 21.5 Å². The molecule has 4 nitrogen and oxygen atoms in total. The Balaban J connectivity index is 1.69. The van der Waals surface area contributed by atoms with Crippen molar-refractivity contribution in [2.45, 2.75) is 31.2 Å². The molecular weight excluding hydrogens is 302 g/mol. The smallest absolute Gasteiger partial charge is 0.277 e. The molecule has 3 rings (SSSR count). The number of benzene rings is 1. The fourth-order valence-corrected chi connectivity index (χ4v) is 3.41. The summed E-state index contributed by atoms with van der Waals surface area (Å²) in [7, 11) is 0. The number of thiazole rings is 1. The van der Waals surface area contributed by atoms with Crippen LogP contribution < -0.4 is 0 Å². The van der Waals surface area contributed by atoms with E-state index in [0.717, 1.165) is 34.0 Å². The van der Waals surface area contributed by atoms with E-state index in [1.165, 1.54) is 11.8 Å². The Morgan fingerprint density at radius 2 is 2.10 bits per heavy atom.